The number of Topliss-reactive ketones (excluding diaryl/α,β-unsaturated/α-hetero) is 1. The predicted octanol–water partition coefficient (Wildman–Crippen LogP) is 6.85. The minimum Gasteiger partial charge on any atom is -0.460 e. The molecule has 0 aromatic heterocycles. The number of nitrogens with zero attached hydrogens (tertiary/aromatic N) is 1. The number of hydroxylamine groups is 2. The highest BCUT2D eigenvalue weighted by Gasteiger charge is 2.33. The van der Waals surface area contributed by atoms with Crippen LogP contribution in [-0.2, 0) is 28.8 Å². The third-order valence-corrected chi connectivity index (χ3v) is 7.04. The molecule has 1 aromatic rings. The van der Waals surface area contributed by atoms with Gasteiger partial charge in [0.05, 0.1) is 11.3 Å². The van der Waals surface area contributed by atoms with Crippen molar-refractivity contribution >= 4 is 41.1 Å². The average Bonchev–Trinajstić information content (AvgIpc) is 3.24. The summed E-state index contributed by atoms with van der Waals surface area (Å²) >= 11 is 0. The normalized spacial score (nSPS) is 13.3. The van der Waals surface area contributed by atoms with Crippen LogP contribution in [0.3, 0.4) is 0 Å². The van der Waals surface area contributed by atoms with Crippen LogP contribution in [0.25, 0.3) is 0 Å². The molecule has 10 nitrogen and oxygen atoms in total. The predicted molar refractivity (Wildman–Crippen MR) is 162 cm³/mol. The van der Waals surface area contributed by atoms with Crippen molar-refractivity contribution in [2.45, 2.75) is 136 Å². The van der Waals surface area contributed by atoms with E-state index in [0.29, 0.717) is 23.6 Å². The fourth-order valence-electron chi connectivity index (χ4n) is 4.79. The number of unbranched alkanes of at least 4 members (excludes halogenated alkanes) is 11. The van der Waals surface area contributed by atoms with E-state index in [9.17, 15) is 28.8 Å². The van der Waals surface area contributed by atoms with E-state index in [1.54, 1.807) is 0 Å². The third-order valence-electron chi connectivity index (χ3n) is 7.04. The van der Waals surface area contributed by atoms with Gasteiger partial charge in [-0.1, -0.05) is 64.2 Å². The first-order valence-electron chi connectivity index (χ1n) is 15.6. The number of hydrogen-bond donors (Lipinski definition) is 1. The molecule has 0 aliphatic carbocycles. The maximum Gasteiger partial charge on any atom is 0.363 e. The number of ether oxygens (including phenoxy) is 1. The first-order chi connectivity index (χ1) is 20.4. The molecule has 0 saturated carbocycles. The van der Waals surface area contributed by atoms with Crippen molar-refractivity contribution in [3.8, 4) is 0 Å². The molecule has 0 radical (unpaired) electrons. The van der Waals surface area contributed by atoms with Crippen LogP contribution in [0, 0.1) is 0 Å². The van der Waals surface area contributed by atoms with Gasteiger partial charge in [0.25, 0.3) is 11.8 Å². The number of ketones is 1. The molecule has 0 unspecified atom stereocenters. The zero-order valence-corrected chi connectivity index (χ0v) is 26.3. The Balaban J connectivity index is 1.55. The molecule has 0 atom stereocenters. The lowest BCUT2D eigenvalue weighted by atomic mass is 10.0. The second-order valence-corrected chi connectivity index (χ2v) is 12.2. The maximum atomic E-state index is 12.5. The van der Waals surface area contributed by atoms with Gasteiger partial charge in [0.2, 0.25) is 5.91 Å². The quantitative estimate of drug-likeness (QED) is 0.0788. The summed E-state index contributed by atoms with van der Waals surface area (Å²) in [6.45, 7) is 6.98. The van der Waals surface area contributed by atoms with Gasteiger partial charge in [-0.05, 0) is 58.7 Å². The van der Waals surface area contributed by atoms with Gasteiger partial charge in [-0.2, -0.15) is 0 Å². The Labute approximate surface area is 255 Å². The Morgan fingerprint density at radius 2 is 1.26 bits per heavy atom. The van der Waals surface area contributed by atoms with Crippen LogP contribution in [0.4, 0.5) is 5.69 Å². The maximum absolute atomic E-state index is 12.5. The highest BCUT2D eigenvalue weighted by Crippen LogP contribution is 2.22. The summed E-state index contributed by atoms with van der Waals surface area (Å²) in [6, 6.07) is 4.11. The number of benzene rings is 1. The van der Waals surface area contributed by atoms with Crippen molar-refractivity contribution in [3.05, 3.63) is 29.3 Å². The first kappa shape index (κ1) is 35.6. The molecule has 2 rings (SSSR count). The molecule has 238 valence electrons. The van der Waals surface area contributed by atoms with Crippen molar-refractivity contribution < 1.29 is 38.3 Å². The van der Waals surface area contributed by atoms with E-state index in [2.05, 4.69) is 5.32 Å². The van der Waals surface area contributed by atoms with Gasteiger partial charge in [-0.25, -0.2) is 4.79 Å². The van der Waals surface area contributed by atoms with Crippen LogP contribution in [0.1, 0.15) is 151 Å². The molecular formula is C33H48N2O8. The summed E-state index contributed by atoms with van der Waals surface area (Å²) in [7, 11) is 0. The van der Waals surface area contributed by atoms with Gasteiger partial charge in [0.15, 0.2) is 5.78 Å². The minimum atomic E-state index is -0.934. The molecule has 1 fully saturated rings. The molecule has 0 spiro atoms. The number of anilines is 1. The summed E-state index contributed by atoms with van der Waals surface area (Å²) in [5.74, 6) is -2.79. The second-order valence-electron chi connectivity index (χ2n) is 12.2. The largest absolute Gasteiger partial charge is 0.460 e. The van der Waals surface area contributed by atoms with Crippen LogP contribution in [-0.4, -0.2) is 46.1 Å². The molecule has 1 aliphatic rings. The van der Waals surface area contributed by atoms with Gasteiger partial charge >= 0.3 is 11.9 Å². The van der Waals surface area contributed by atoms with Crippen molar-refractivity contribution in [1.29, 1.82) is 0 Å². The number of amides is 3. The summed E-state index contributed by atoms with van der Waals surface area (Å²) in [6.07, 6.45) is 13.8. The number of esters is 1. The number of rotatable bonds is 19. The monoisotopic (exact) mass is 600 g/mol. The smallest absolute Gasteiger partial charge is 0.363 e. The van der Waals surface area contributed by atoms with Crippen LogP contribution < -0.4 is 5.32 Å². The topological polar surface area (TPSA) is 136 Å². The Morgan fingerprint density at radius 1 is 0.767 bits per heavy atom. The molecule has 0 bridgehead atoms. The highest BCUT2D eigenvalue weighted by molar-refractivity contribution is 6.06. The Kier molecular flexibility index (Phi) is 15.1. The first-order valence-corrected chi connectivity index (χ1v) is 15.6. The number of nitrogens with one attached hydrogen (secondary N) is 1. The van der Waals surface area contributed by atoms with Gasteiger partial charge < -0.3 is 14.9 Å². The van der Waals surface area contributed by atoms with Crippen molar-refractivity contribution in [2.24, 2.45) is 0 Å². The third kappa shape index (κ3) is 14.0. The molecule has 1 heterocycles. The van der Waals surface area contributed by atoms with Crippen molar-refractivity contribution in [1.82, 2.24) is 5.06 Å². The Bertz CT molecular complexity index is 1120. The molecule has 10 heteroatoms. The van der Waals surface area contributed by atoms with Crippen molar-refractivity contribution in [3.63, 3.8) is 0 Å². The standard InChI is InChI=1S/C33H48N2O8/c1-24(36)26-23-25(32(41)43-35-29(38)21-22-30(35)39)19-20-27(26)34-28(37)17-15-13-11-9-7-5-6-8-10-12-14-16-18-31(40)42-33(2,3)4/h19-20,23H,5-18,21-22H2,1-4H3,(H,34,37). The van der Waals surface area contributed by atoms with Gasteiger partial charge in [0, 0.05) is 31.2 Å². The van der Waals surface area contributed by atoms with Crippen LogP contribution in [0.15, 0.2) is 18.2 Å². The molecule has 1 aliphatic heterocycles. The Hall–Kier alpha value is -3.56. The van der Waals surface area contributed by atoms with E-state index in [1.807, 2.05) is 20.8 Å². The number of hydrogen-bond acceptors (Lipinski definition) is 8. The second kappa shape index (κ2) is 18.2. The van der Waals surface area contributed by atoms with E-state index < -0.39 is 23.4 Å². The number of carbonyl (C=O) groups is 6. The fraction of sp³-hybridized carbons (Fsp3) is 0.636. The molecule has 43 heavy (non-hydrogen) atoms. The lowest BCUT2D eigenvalue weighted by Crippen LogP contribution is -2.32. The summed E-state index contributed by atoms with van der Waals surface area (Å²) < 4.78 is 5.32. The van der Waals surface area contributed by atoms with Crippen LogP contribution in [0.2, 0.25) is 0 Å². The average molecular weight is 601 g/mol. The summed E-state index contributed by atoms with van der Waals surface area (Å²) in [5, 5.41) is 3.20. The Morgan fingerprint density at radius 3 is 1.74 bits per heavy atom. The van der Waals surface area contributed by atoms with E-state index in [0.717, 1.165) is 44.9 Å². The molecular weight excluding hydrogens is 552 g/mol. The van der Waals surface area contributed by atoms with Gasteiger partial charge in [-0.15, -0.1) is 5.06 Å². The molecule has 3 amide bonds. The van der Waals surface area contributed by atoms with Crippen LogP contribution in [0.5, 0.6) is 0 Å². The van der Waals surface area contributed by atoms with E-state index in [-0.39, 0.29) is 41.6 Å². The minimum absolute atomic E-state index is 0.00834. The lowest BCUT2D eigenvalue weighted by Gasteiger charge is -2.19. The summed E-state index contributed by atoms with van der Waals surface area (Å²) in [5.41, 5.74) is 0.0199. The van der Waals surface area contributed by atoms with E-state index >= 15 is 0 Å². The highest BCUT2D eigenvalue weighted by atomic mass is 16.7. The SMILES string of the molecule is CC(=O)c1cc(C(=O)ON2C(=O)CCC2=O)ccc1NC(=O)CCCCCCCCCCCCCCC(=O)OC(C)(C)C. The molecule has 1 aromatic carbocycles. The van der Waals surface area contributed by atoms with Gasteiger partial charge in [0.1, 0.15) is 5.60 Å². The zero-order chi connectivity index (χ0) is 31.8. The lowest BCUT2D eigenvalue weighted by molar-refractivity contribution is -0.172. The van der Waals surface area contributed by atoms with Gasteiger partial charge in [-0.3, -0.25) is 24.0 Å². The zero-order valence-electron chi connectivity index (χ0n) is 26.3. The number of imide groups is 1. The molecule has 1 N–H and O–H groups in total. The van der Waals surface area contributed by atoms with Crippen molar-refractivity contribution in [2.75, 3.05) is 5.32 Å². The fourth-order valence-corrected chi connectivity index (χ4v) is 4.79. The van der Waals surface area contributed by atoms with E-state index in [4.69, 9.17) is 9.57 Å². The van der Waals surface area contributed by atoms with Crippen LogP contribution >= 0.6 is 0 Å². The summed E-state index contributed by atoms with van der Waals surface area (Å²) in [4.78, 5) is 77.1. The number of carbonyl (C=O) groups excluding carboxylic acids is 6. The van der Waals surface area contributed by atoms with E-state index in [1.165, 1.54) is 57.2 Å². The molecule has 1 saturated heterocycles.